The maximum absolute atomic E-state index is 14.6. The lowest BCUT2D eigenvalue weighted by atomic mass is 10.1. The normalized spacial score (nSPS) is 15.7. The quantitative estimate of drug-likeness (QED) is 0.426. The second-order valence-electron chi connectivity index (χ2n) is 9.38. The highest BCUT2D eigenvalue weighted by atomic mass is 19.1. The van der Waals surface area contributed by atoms with E-state index in [0.29, 0.717) is 38.0 Å². The lowest BCUT2D eigenvalue weighted by molar-refractivity contribution is -0.00786. The molecule has 1 aliphatic heterocycles. The van der Waals surface area contributed by atoms with Gasteiger partial charge in [0.25, 0.3) is 11.4 Å². The molecule has 11 nitrogen and oxygen atoms in total. The van der Waals surface area contributed by atoms with Crippen molar-refractivity contribution in [2.75, 3.05) is 26.7 Å². The van der Waals surface area contributed by atoms with E-state index in [1.165, 1.54) is 34.5 Å². The van der Waals surface area contributed by atoms with E-state index in [1.54, 1.807) is 13.8 Å². The van der Waals surface area contributed by atoms with Crippen LogP contribution in [0.15, 0.2) is 27.8 Å². The smallest absolute Gasteiger partial charge is 0.277 e. The summed E-state index contributed by atoms with van der Waals surface area (Å²) in [6.45, 7) is 5.64. The lowest BCUT2D eigenvalue weighted by Gasteiger charge is -2.29. The van der Waals surface area contributed by atoms with Gasteiger partial charge in [0.05, 0.1) is 17.1 Å². The second kappa shape index (κ2) is 9.09. The third-order valence-electron chi connectivity index (χ3n) is 6.82. The van der Waals surface area contributed by atoms with Gasteiger partial charge in [0.1, 0.15) is 40.6 Å². The maximum Gasteiger partial charge on any atom is 0.277 e. The number of hydrogen-bond acceptors (Lipinski definition) is 9. The molecule has 0 spiro atoms. The molecule has 36 heavy (non-hydrogen) atoms. The predicted octanol–water partition coefficient (Wildman–Crippen LogP) is 2.05. The molecule has 4 aromatic rings. The summed E-state index contributed by atoms with van der Waals surface area (Å²) in [6, 6.07) is 4.63. The Labute approximate surface area is 205 Å². The van der Waals surface area contributed by atoms with Gasteiger partial charge in [-0.3, -0.25) is 9.20 Å². The van der Waals surface area contributed by atoms with E-state index in [9.17, 15) is 19.6 Å². The zero-order chi connectivity index (χ0) is 25.6. The predicted molar refractivity (Wildman–Crippen MR) is 127 cm³/mol. The van der Waals surface area contributed by atoms with Crippen molar-refractivity contribution < 1.29 is 18.8 Å². The zero-order valence-electron chi connectivity index (χ0n) is 20.2. The molecule has 1 aromatic carbocycles. The molecule has 0 saturated carbocycles. The molecule has 1 saturated heterocycles. The van der Waals surface area contributed by atoms with Crippen molar-refractivity contribution in [3.63, 3.8) is 0 Å². The molecule has 0 unspecified atom stereocenters. The molecule has 4 heterocycles. The van der Waals surface area contributed by atoms with Crippen LogP contribution in [0.2, 0.25) is 0 Å². The number of halogens is 1. The third kappa shape index (κ3) is 3.95. The van der Waals surface area contributed by atoms with Crippen molar-refractivity contribution in [2.24, 2.45) is 0 Å². The average molecular weight is 496 g/mol. The fraction of sp³-hybridized carbons (Fsp3) is 0.458. The number of nitriles is 1. The van der Waals surface area contributed by atoms with Gasteiger partial charge in [-0.15, -0.1) is 0 Å². The Kier molecular flexibility index (Phi) is 6.07. The Morgan fingerprint density at radius 2 is 2.03 bits per heavy atom. The standard InChI is InChI=1S/C24H26FN7O4/c1-24(2,35-3)23-28-21(29-36-23)18-20-22(34)31(11-10-30-8-6-14(33)7-9-30)19-15(12-26)16(25)4-5-17(19)32(20)13-27-18/h4-5,13-14,33H,6-11H2,1-3H3. The SMILES string of the molecule is COC(C)(C)c1nc(-c2ncn3c2c(=O)n(CCN2CCC(O)CC2)c2c(C#N)c(F)ccc23)no1. The summed E-state index contributed by atoms with van der Waals surface area (Å²) < 4.78 is 28.4. The van der Waals surface area contributed by atoms with Crippen LogP contribution in [0.4, 0.5) is 4.39 Å². The van der Waals surface area contributed by atoms with Crippen LogP contribution in [0.3, 0.4) is 0 Å². The summed E-state index contributed by atoms with van der Waals surface area (Å²) in [6.07, 6.45) is 2.41. The molecule has 12 heteroatoms. The Bertz CT molecular complexity index is 1540. The molecule has 3 aromatic heterocycles. The van der Waals surface area contributed by atoms with E-state index in [-0.39, 0.29) is 46.7 Å². The van der Waals surface area contributed by atoms with Crippen LogP contribution in [0.25, 0.3) is 28.1 Å². The van der Waals surface area contributed by atoms with Crippen molar-refractivity contribution in [3.8, 4) is 17.6 Å². The van der Waals surface area contributed by atoms with E-state index in [0.717, 1.165) is 0 Å². The Morgan fingerprint density at radius 3 is 2.72 bits per heavy atom. The van der Waals surface area contributed by atoms with Crippen LogP contribution >= 0.6 is 0 Å². The fourth-order valence-corrected chi connectivity index (χ4v) is 4.51. The van der Waals surface area contributed by atoms with Gasteiger partial charge in [0, 0.05) is 33.3 Å². The fourth-order valence-electron chi connectivity index (χ4n) is 4.51. The molecule has 0 bridgehead atoms. The Morgan fingerprint density at radius 1 is 1.28 bits per heavy atom. The van der Waals surface area contributed by atoms with Crippen molar-refractivity contribution in [1.82, 2.24) is 29.0 Å². The number of aliphatic hydroxyl groups is 1. The third-order valence-corrected chi connectivity index (χ3v) is 6.82. The van der Waals surface area contributed by atoms with Crippen molar-refractivity contribution in [2.45, 2.75) is 44.9 Å². The number of methoxy groups -OCH3 is 1. The molecule has 1 aliphatic rings. The number of ether oxygens (including phenoxy) is 1. The number of fused-ring (bicyclic) bond motifs is 3. The van der Waals surface area contributed by atoms with Crippen molar-refractivity contribution >= 4 is 16.6 Å². The topological polar surface area (TPSA) is 135 Å². The van der Waals surface area contributed by atoms with Gasteiger partial charge >= 0.3 is 0 Å². The average Bonchev–Trinajstić information content (AvgIpc) is 3.53. The molecular formula is C24H26FN7O4. The first-order chi connectivity index (χ1) is 17.2. The summed E-state index contributed by atoms with van der Waals surface area (Å²) in [5.74, 6) is -0.361. The van der Waals surface area contributed by atoms with Gasteiger partial charge in [-0.05, 0) is 38.8 Å². The van der Waals surface area contributed by atoms with Crippen molar-refractivity contribution in [3.05, 3.63) is 46.1 Å². The number of likely N-dealkylation sites (tertiary alicyclic amines) is 1. The number of imidazole rings is 1. The summed E-state index contributed by atoms with van der Waals surface area (Å²) in [4.78, 5) is 24.8. The highest BCUT2D eigenvalue weighted by Gasteiger charge is 2.29. The minimum absolute atomic E-state index is 0.119. The van der Waals surface area contributed by atoms with Crippen LogP contribution in [0.1, 0.15) is 38.1 Å². The summed E-state index contributed by atoms with van der Waals surface area (Å²) in [5, 5.41) is 23.5. The number of aromatic nitrogens is 5. The van der Waals surface area contributed by atoms with Crippen LogP contribution in [-0.2, 0) is 16.9 Å². The second-order valence-corrected chi connectivity index (χ2v) is 9.38. The van der Waals surface area contributed by atoms with E-state index in [2.05, 4.69) is 20.0 Å². The van der Waals surface area contributed by atoms with Crippen LogP contribution in [-0.4, -0.2) is 66.9 Å². The Hall–Kier alpha value is -3.66. The van der Waals surface area contributed by atoms with Crippen LogP contribution < -0.4 is 5.56 Å². The van der Waals surface area contributed by atoms with Gasteiger partial charge in [-0.25, -0.2) is 9.37 Å². The number of aliphatic hydroxyl groups excluding tert-OH is 1. The molecule has 0 amide bonds. The number of rotatable bonds is 6. The molecule has 1 fully saturated rings. The molecule has 0 atom stereocenters. The minimum Gasteiger partial charge on any atom is -0.393 e. The Balaban J connectivity index is 1.68. The molecule has 1 N–H and O–H groups in total. The van der Waals surface area contributed by atoms with E-state index < -0.39 is 17.0 Å². The lowest BCUT2D eigenvalue weighted by Crippen LogP contribution is -2.39. The largest absolute Gasteiger partial charge is 0.393 e. The molecule has 188 valence electrons. The van der Waals surface area contributed by atoms with Crippen molar-refractivity contribution in [1.29, 1.82) is 5.26 Å². The van der Waals surface area contributed by atoms with Gasteiger partial charge in [-0.1, -0.05) is 5.16 Å². The first-order valence-corrected chi connectivity index (χ1v) is 11.7. The van der Waals surface area contributed by atoms with E-state index in [1.807, 2.05) is 6.07 Å². The minimum atomic E-state index is -0.838. The van der Waals surface area contributed by atoms with Crippen LogP contribution in [0, 0.1) is 17.1 Å². The first-order valence-electron chi connectivity index (χ1n) is 11.7. The molecule has 0 radical (unpaired) electrons. The van der Waals surface area contributed by atoms with Crippen LogP contribution in [0.5, 0.6) is 0 Å². The van der Waals surface area contributed by atoms with Gasteiger partial charge in [0.2, 0.25) is 5.82 Å². The van der Waals surface area contributed by atoms with Gasteiger partial charge < -0.3 is 23.8 Å². The number of nitrogens with zero attached hydrogens (tertiary/aromatic N) is 7. The highest BCUT2D eigenvalue weighted by Crippen LogP contribution is 2.28. The number of piperidine rings is 1. The molecule has 5 rings (SSSR count). The summed E-state index contributed by atoms with van der Waals surface area (Å²) >= 11 is 0. The van der Waals surface area contributed by atoms with E-state index in [4.69, 9.17) is 9.26 Å². The van der Waals surface area contributed by atoms with Gasteiger partial charge in [-0.2, -0.15) is 10.2 Å². The number of benzene rings is 1. The maximum atomic E-state index is 14.6. The summed E-state index contributed by atoms with van der Waals surface area (Å²) in [5.41, 5.74) is -0.446. The zero-order valence-corrected chi connectivity index (χ0v) is 20.2. The first kappa shape index (κ1) is 24.1. The highest BCUT2D eigenvalue weighted by molar-refractivity contribution is 5.87. The van der Waals surface area contributed by atoms with Gasteiger partial charge in [0.15, 0.2) is 0 Å². The molecule has 0 aliphatic carbocycles. The number of hydrogen-bond donors (Lipinski definition) is 1. The molecular weight excluding hydrogens is 469 g/mol. The van der Waals surface area contributed by atoms with E-state index >= 15 is 0 Å². The summed E-state index contributed by atoms with van der Waals surface area (Å²) in [7, 11) is 1.52. The monoisotopic (exact) mass is 495 g/mol.